The van der Waals surface area contributed by atoms with E-state index in [1.165, 1.54) is 31.4 Å². The van der Waals surface area contributed by atoms with Crippen LogP contribution in [0.5, 0.6) is 0 Å². The number of thiazole rings is 1. The lowest BCUT2D eigenvalue weighted by Crippen LogP contribution is -2.41. The third-order valence-corrected chi connectivity index (χ3v) is 5.08. The molecule has 126 valence electrons. The van der Waals surface area contributed by atoms with Gasteiger partial charge in [0.15, 0.2) is 5.96 Å². The van der Waals surface area contributed by atoms with Crippen molar-refractivity contribution in [2.75, 3.05) is 20.1 Å². The van der Waals surface area contributed by atoms with E-state index in [0.717, 1.165) is 42.3 Å². The molecule has 0 saturated heterocycles. The number of guanidine groups is 1. The van der Waals surface area contributed by atoms with Crippen LogP contribution in [0.3, 0.4) is 0 Å². The fourth-order valence-electron chi connectivity index (χ4n) is 2.83. The Hall–Kier alpha value is -0.370. The first-order chi connectivity index (χ1) is 10.2. The zero-order chi connectivity index (χ0) is 15.1. The van der Waals surface area contributed by atoms with Crippen molar-refractivity contribution in [2.45, 2.75) is 46.0 Å². The van der Waals surface area contributed by atoms with Crippen LogP contribution < -0.4 is 10.6 Å². The molecule has 2 rings (SSSR count). The van der Waals surface area contributed by atoms with Gasteiger partial charge in [-0.3, -0.25) is 4.99 Å². The second-order valence-corrected chi connectivity index (χ2v) is 7.18. The summed E-state index contributed by atoms with van der Waals surface area (Å²) in [7, 11) is 1.84. The second-order valence-electron chi connectivity index (χ2n) is 6.11. The molecule has 1 saturated carbocycles. The average molecular weight is 436 g/mol. The topological polar surface area (TPSA) is 49.3 Å². The molecule has 0 atom stereocenters. The normalized spacial score (nSPS) is 22.0. The van der Waals surface area contributed by atoms with Gasteiger partial charge in [-0.05, 0) is 31.6 Å². The summed E-state index contributed by atoms with van der Waals surface area (Å²) in [6, 6.07) is 0. The van der Waals surface area contributed by atoms with Crippen molar-refractivity contribution >= 4 is 41.3 Å². The van der Waals surface area contributed by atoms with Crippen molar-refractivity contribution < 1.29 is 0 Å². The monoisotopic (exact) mass is 436 g/mol. The third-order valence-electron chi connectivity index (χ3n) is 4.26. The van der Waals surface area contributed by atoms with Gasteiger partial charge >= 0.3 is 0 Å². The number of aryl methyl sites for hydroxylation is 1. The minimum Gasteiger partial charge on any atom is -0.356 e. The lowest BCUT2D eigenvalue weighted by molar-refractivity contribution is 0.289. The zero-order valence-corrected chi connectivity index (χ0v) is 17.0. The third kappa shape index (κ3) is 6.81. The maximum Gasteiger partial charge on any atom is 0.190 e. The molecule has 0 unspecified atom stereocenters. The quantitative estimate of drug-likeness (QED) is 0.421. The molecule has 6 heteroatoms. The number of aromatic nitrogens is 1. The van der Waals surface area contributed by atoms with E-state index in [0.29, 0.717) is 0 Å². The molecule has 22 heavy (non-hydrogen) atoms. The van der Waals surface area contributed by atoms with Crippen LogP contribution in [0, 0.1) is 18.8 Å². The molecule has 0 bridgehead atoms. The van der Waals surface area contributed by atoms with Crippen LogP contribution in [0.1, 0.15) is 43.3 Å². The van der Waals surface area contributed by atoms with E-state index in [1.807, 2.05) is 14.0 Å². The number of aliphatic imine (C=N–C) groups is 1. The second kappa shape index (κ2) is 10.4. The van der Waals surface area contributed by atoms with Crippen molar-refractivity contribution in [2.24, 2.45) is 16.8 Å². The van der Waals surface area contributed by atoms with E-state index in [1.54, 1.807) is 11.3 Å². The smallest absolute Gasteiger partial charge is 0.190 e. The predicted molar refractivity (Wildman–Crippen MR) is 106 cm³/mol. The number of rotatable bonds is 5. The van der Waals surface area contributed by atoms with Crippen LogP contribution in [-0.2, 0) is 6.42 Å². The van der Waals surface area contributed by atoms with Gasteiger partial charge in [0.1, 0.15) is 0 Å². The lowest BCUT2D eigenvalue weighted by Gasteiger charge is -2.26. The zero-order valence-electron chi connectivity index (χ0n) is 13.9. The molecule has 1 heterocycles. The standard InChI is InChI=1S/C16H28N4S.HI/c1-12-4-6-14(7-5-12)10-19-16(17-3)18-9-8-15-11-21-13(2)20-15;/h11-12,14H,4-10H2,1-3H3,(H2,17,18,19);1H. The molecule has 1 aliphatic rings. The maximum absolute atomic E-state index is 4.48. The van der Waals surface area contributed by atoms with E-state index in [2.05, 4.69) is 32.9 Å². The molecule has 1 aliphatic carbocycles. The van der Waals surface area contributed by atoms with Crippen molar-refractivity contribution in [3.63, 3.8) is 0 Å². The van der Waals surface area contributed by atoms with Crippen molar-refractivity contribution in [3.05, 3.63) is 16.1 Å². The van der Waals surface area contributed by atoms with Crippen molar-refractivity contribution in [3.8, 4) is 0 Å². The Kier molecular flexibility index (Phi) is 9.31. The Balaban J connectivity index is 0.00000242. The Morgan fingerprint density at radius 1 is 1.32 bits per heavy atom. The number of nitrogens with one attached hydrogen (secondary N) is 2. The molecule has 0 aromatic carbocycles. The summed E-state index contributed by atoms with van der Waals surface area (Å²) in [5.41, 5.74) is 1.17. The van der Waals surface area contributed by atoms with Gasteiger partial charge in [-0.25, -0.2) is 4.98 Å². The molecule has 1 fully saturated rings. The molecular formula is C16H29IN4S. The predicted octanol–water partition coefficient (Wildman–Crippen LogP) is 3.60. The fourth-order valence-corrected chi connectivity index (χ4v) is 3.47. The summed E-state index contributed by atoms with van der Waals surface area (Å²) in [4.78, 5) is 8.78. The minimum atomic E-state index is 0. The first-order valence-corrected chi connectivity index (χ1v) is 8.91. The van der Waals surface area contributed by atoms with Gasteiger partial charge < -0.3 is 10.6 Å². The molecule has 4 nitrogen and oxygen atoms in total. The molecule has 0 aliphatic heterocycles. The van der Waals surface area contributed by atoms with E-state index in [4.69, 9.17) is 0 Å². The molecule has 0 radical (unpaired) electrons. The molecule has 2 N–H and O–H groups in total. The van der Waals surface area contributed by atoms with Gasteiger partial charge in [-0.2, -0.15) is 0 Å². The number of hydrogen-bond acceptors (Lipinski definition) is 3. The molecule has 1 aromatic rings. The number of hydrogen-bond donors (Lipinski definition) is 2. The van der Waals surface area contributed by atoms with Gasteiger partial charge in [-0.15, -0.1) is 35.3 Å². The van der Waals surface area contributed by atoms with Gasteiger partial charge in [0.05, 0.1) is 10.7 Å². The molecule has 0 amide bonds. The molecule has 0 spiro atoms. The highest BCUT2D eigenvalue weighted by molar-refractivity contribution is 14.0. The average Bonchev–Trinajstić information content (AvgIpc) is 2.90. The van der Waals surface area contributed by atoms with Crippen LogP contribution >= 0.6 is 35.3 Å². The number of halogens is 1. The van der Waals surface area contributed by atoms with Crippen LogP contribution in [0.25, 0.3) is 0 Å². The first-order valence-electron chi connectivity index (χ1n) is 8.03. The van der Waals surface area contributed by atoms with Gasteiger partial charge in [-0.1, -0.05) is 19.8 Å². The van der Waals surface area contributed by atoms with Crippen molar-refractivity contribution in [1.29, 1.82) is 0 Å². The Morgan fingerprint density at radius 2 is 2.05 bits per heavy atom. The van der Waals surface area contributed by atoms with E-state index in [-0.39, 0.29) is 24.0 Å². The van der Waals surface area contributed by atoms with E-state index < -0.39 is 0 Å². The summed E-state index contributed by atoms with van der Waals surface area (Å²) in [5.74, 6) is 2.64. The van der Waals surface area contributed by atoms with E-state index >= 15 is 0 Å². The summed E-state index contributed by atoms with van der Waals surface area (Å²) in [6.45, 7) is 6.34. The summed E-state index contributed by atoms with van der Waals surface area (Å²) in [5, 5.41) is 10.1. The summed E-state index contributed by atoms with van der Waals surface area (Å²) < 4.78 is 0. The molecule has 1 aromatic heterocycles. The summed E-state index contributed by atoms with van der Waals surface area (Å²) >= 11 is 1.71. The van der Waals surface area contributed by atoms with Crippen LogP contribution in [-0.4, -0.2) is 31.1 Å². The maximum atomic E-state index is 4.48. The number of nitrogens with zero attached hydrogens (tertiary/aromatic N) is 2. The van der Waals surface area contributed by atoms with Gasteiger partial charge in [0, 0.05) is 31.9 Å². The van der Waals surface area contributed by atoms with Crippen LogP contribution in [0.4, 0.5) is 0 Å². The highest BCUT2D eigenvalue weighted by Crippen LogP contribution is 2.27. The van der Waals surface area contributed by atoms with Crippen molar-refractivity contribution in [1.82, 2.24) is 15.6 Å². The Bertz CT molecular complexity index is 453. The van der Waals surface area contributed by atoms with Crippen LogP contribution in [0.2, 0.25) is 0 Å². The highest BCUT2D eigenvalue weighted by atomic mass is 127. The Morgan fingerprint density at radius 3 is 2.64 bits per heavy atom. The van der Waals surface area contributed by atoms with Gasteiger partial charge in [0.25, 0.3) is 0 Å². The minimum absolute atomic E-state index is 0. The fraction of sp³-hybridized carbons (Fsp3) is 0.750. The van der Waals surface area contributed by atoms with Gasteiger partial charge in [0.2, 0.25) is 0 Å². The SMILES string of the molecule is CN=C(NCCc1csc(C)n1)NCC1CCC(C)CC1.I. The Labute approximate surface area is 155 Å². The first kappa shape index (κ1) is 19.7. The van der Waals surface area contributed by atoms with Crippen LogP contribution in [0.15, 0.2) is 10.4 Å². The molecular weight excluding hydrogens is 407 g/mol. The largest absolute Gasteiger partial charge is 0.356 e. The highest BCUT2D eigenvalue weighted by Gasteiger charge is 2.18. The lowest BCUT2D eigenvalue weighted by atomic mass is 9.83. The van der Waals surface area contributed by atoms with E-state index in [9.17, 15) is 0 Å². The summed E-state index contributed by atoms with van der Waals surface area (Å²) in [6.07, 6.45) is 6.40.